The second-order valence-electron chi connectivity index (χ2n) is 5.09. The van der Waals surface area contributed by atoms with E-state index in [1.807, 2.05) is 25.1 Å². The van der Waals surface area contributed by atoms with E-state index in [9.17, 15) is 0 Å². The summed E-state index contributed by atoms with van der Waals surface area (Å²) in [5, 5.41) is 3.20. The van der Waals surface area contributed by atoms with E-state index in [2.05, 4.69) is 40.1 Å². The number of thiazole rings is 1. The highest BCUT2D eigenvalue weighted by molar-refractivity contribution is 9.10. The van der Waals surface area contributed by atoms with Gasteiger partial charge in [0.05, 0.1) is 10.7 Å². The molecule has 0 bridgehead atoms. The molecule has 0 radical (unpaired) electrons. The quantitative estimate of drug-likeness (QED) is 0.851. The third kappa shape index (κ3) is 3.81. The van der Waals surface area contributed by atoms with Gasteiger partial charge in [-0.1, -0.05) is 29.8 Å². The first kappa shape index (κ1) is 15.5. The minimum absolute atomic E-state index is 0.0656. The zero-order valence-electron chi connectivity index (χ0n) is 11.9. The van der Waals surface area contributed by atoms with E-state index in [4.69, 9.17) is 10.5 Å². The van der Waals surface area contributed by atoms with Gasteiger partial charge >= 0.3 is 0 Å². The summed E-state index contributed by atoms with van der Waals surface area (Å²) >= 11 is 5.14. The Bertz CT molecular complexity index is 581. The summed E-state index contributed by atoms with van der Waals surface area (Å²) in [6, 6.07) is 5.84. The molecule has 1 unspecified atom stereocenters. The Morgan fingerprint density at radius 2 is 2.10 bits per heavy atom. The lowest BCUT2D eigenvalue weighted by atomic mass is 10.1. The van der Waals surface area contributed by atoms with Gasteiger partial charge in [0.2, 0.25) is 0 Å². The van der Waals surface area contributed by atoms with Crippen molar-refractivity contribution in [1.29, 1.82) is 0 Å². The number of halogens is 1. The number of aromatic nitrogens is 1. The van der Waals surface area contributed by atoms with E-state index in [-0.39, 0.29) is 6.04 Å². The average Bonchev–Trinajstić information content (AvgIpc) is 2.86. The number of hydrogen-bond donors (Lipinski definition) is 1. The van der Waals surface area contributed by atoms with Crippen molar-refractivity contribution in [3.63, 3.8) is 0 Å². The predicted molar refractivity (Wildman–Crippen MR) is 87.3 cm³/mol. The first-order valence-electron chi connectivity index (χ1n) is 6.59. The molecule has 20 heavy (non-hydrogen) atoms. The van der Waals surface area contributed by atoms with Crippen molar-refractivity contribution in [2.75, 3.05) is 0 Å². The molecule has 0 spiro atoms. The van der Waals surface area contributed by atoms with Crippen LogP contribution in [0.25, 0.3) is 0 Å². The molecule has 1 heterocycles. The summed E-state index contributed by atoms with van der Waals surface area (Å²) in [7, 11) is 0. The van der Waals surface area contributed by atoms with E-state index in [0.29, 0.717) is 12.5 Å². The molecule has 2 rings (SSSR count). The minimum atomic E-state index is -0.0656. The van der Waals surface area contributed by atoms with E-state index < -0.39 is 0 Å². The van der Waals surface area contributed by atoms with Gasteiger partial charge in [-0.15, -0.1) is 11.3 Å². The molecule has 0 amide bonds. The normalized spacial score (nSPS) is 12.7. The Hall–Kier alpha value is -0.910. The van der Waals surface area contributed by atoms with E-state index >= 15 is 0 Å². The van der Waals surface area contributed by atoms with Crippen LogP contribution >= 0.6 is 27.3 Å². The van der Waals surface area contributed by atoms with Crippen LogP contribution in [-0.4, -0.2) is 4.98 Å². The Morgan fingerprint density at radius 3 is 2.70 bits per heavy atom. The molecular weight excluding hydrogens is 336 g/mol. The fraction of sp³-hybridized carbons (Fsp3) is 0.400. The Labute approximate surface area is 132 Å². The van der Waals surface area contributed by atoms with Gasteiger partial charge < -0.3 is 10.5 Å². The van der Waals surface area contributed by atoms with Crippen molar-refractivity contribution >= 4 is 27.3 Å². The van der Waals surface area contributed by atoms with Crippen LogP contribution in [0.15, 0.2) is 28.1 Å². The van der Waals surface area contributed by atoms with Crippen molar-refractivity contribution in [2.24, 2.45) is 5.73 Å². The van der Waals surface area contributed by atoms with Crippen LogP contribution in [0.3, 0.4) is 0 Å². The van der Waals surface area contributed by atoms with Gasteiger partial charge in [0.25, 0.3) is 0 Å². The molecule has 0 aliphatic carbocycles. The summed E-state index contributed by atoms with van der Waals surface area (Å²) in [5.74, 6) is 1.28. The van der Waals surface area contributed by atoms with Crippen LogP contribution in [0.2, 0.25) is 0 Å². The monoisotopic (exact) mass is 354 g/mol. The molecule has 2 aromatic rings. The Balaban J connectivity index is 2.10. The number of nitrogens with two attached hydrogens (primary N) is 1. The molecule has 0 aliphatic rings. The highest BCUT2D eigenvalue weighted by Crippen LogP contribution is 2.28. The number of nitrogens with zero attached hydrogens (tertiary/aromatic N) is 1. The van der Waals surface area contributed by atoms with Gasteiger partial charge in [0, 0.05) is 27.4 Å². The fourth-order valence-corrected chi connectivity index (χ4v) is 3.01. The number of hydrogen-bond acceptors (Lipinski definition) is 4. The molecule has 1 aromatic heterocycles. The minimum Gasteiger partial charge on any atom is -0.487 e. The SMILES string of the molecule is CC(C)c1nc(COc2ccc(Br)cc2C(C)N)cs1. The lowest BCUT2D eigenvalue weighted by Gasteiger charge is -2.13. The van der Waals surface area contributed by atoms with E-state index in [0.717, 1.165) is 26.5 Å². The topological polar surface area (TPSA) is 48.1 Å². The molecule has 1 aromatic carbocycles. The van der Waals surface area contributed by atoms with Crippen LogP contribution in [0.1, 0.15) is 49.0 Å². The second kappa shape index (κ2) is 6.70. The van der Waals surface area contributed by atoms with Crippen LogP contribution in [0, 0.1) is 0 Å². The van der Waals surface area contributed by atoms with E-state index in [1.165, 1.54) is 0 Å². The summed E-state index contributed by atoms with van der Waals surface area (Å²) in [6.45, 7) is 6.72. The maximum Gasteiger partial charge on any atom is 0.131 e. The maximum atomic E-state index is 5.98. The Kier molecular flexibility index (Phi) is 5.18. The molecule has 0 saturated carbocycles. The van der Waals surface area contributed by atoms with Crippen LogP contribution in [-0.2, 0) is 6.61 Å². The molecule has 0 saturated heterocycles. The number of rotatable bonds is 5. The van der Waals surface area contributed by atoms with Gasteiger partial charge in [-0.25, -0.2) is 4.98 Å². The lowest BCUT2D eigenvalue weighted by Crippen LogP contribution is -2.08. The van der Waals surface area contributed by atoms with Gasteiger partial charge in [-0.3, -0.25) is 0 Å². The number of benzene rings is 1. The predicted octanol–water partition coefficient (Wildman–Crippen LogP) is 4.63. The molecule has 5 heteroatoms. The summed E-state index contributed by atoms with van der Waals surface area (Å²) in [4.78, 5) is 4.57. The summed E-state index contributed by atoms with van der Waals surface area (Å²) in [6.07, 6.45) is 0. The third-order valence-electron chi connectivity index (χ3n) is 2.90. The largest absolute Gasteiger partial charge is 0.487 e. The zero-order chi connectivity index (χ0) is 14.7. The standard InChI is InChI=1S/C15H19BrN2OS/c1-9(2)15-18-12(8-20-15)7-19-14-5-4-11(16)6-13(14)10(3)17/h4-6,8-10H,7,17H2,1-3H3. The van der Waals surface area contributed by atoms with Crippen LogP contribution in [0.5, 0.6) is 5.75 Å². The summed E-state index contributed by atoms with van der Waals surface area (Å²) in [5.41, 5.74) is 7.95. The van der Waals surface area contributed by atoms with Crippen molar-refractivity contribution in [1.82, 2.24) is 4.98 Å². The van der Waals surface area contributed by atoms with Gasteiger partial charge in [-0.2, -0.15) is 0 Å². The number of ether oxygens (including phenoxy) is 1. The third-order valence-corrected chi connectivity index (χ3v) is 4.59. The zero-order valence-corrected chi connectivity index (χ0v) is 14.3. The molecule has 0 aliphatic heterocycles. The van der Waals surface area contributed by atoms with Crippen LogP contribution < -0.4 is 10.5 Å². The molecule has 1 atom stereocenters. The van der Waals surface area contributed by atoms with Gasteiger partial charge in [0.1, 0.15) is 12.4 Å². The lowest BCUT2D eigenvalue weighted by molar-refractivity contribution is 0.297. The molecule has 2 N–H and O–H groups in total. The maximum absolute atomic E-state index is 5.98. The average molecular weight is 355 g/mol. The van der Waals surface area contributed by atoms with Crippen molar-refractivity contribution in [2.45, 2.75) is 39.3 Å². The highest BCUT2D eigenvalue weighted by atomic mass is 79.9. The smallest absolute Gasteiger partial charge is 0.131 e. The van der Waals surface area contributed by atoms with Crippen molar-refractivity contribution in [3.8, 4) is 5.75 Å². The van der Waals surface area contributed by atoms with Crippen molar-refractivity contribution in [3.05, 3.63) is 44.3 Å². The van der Waals surface area contributed by atoms with Gasteiger partial charge in [-0.05, 0) is 25.1 Å². The van der Waals surface area contributed by atoms with Gasteiger partial charge in [0.15, 0.2) is 0 Å². The first-order chi connectivity index (χ1) is 9.47. The summed E-state index contributed by atoms with van der Waals surface area (Å²) < 4.78 is 6.88. The first-order valence-corrected chi connectivity index (χ1v) is 8.26. The highest BCUT2D eigenvalue weighted by Gasteiger charge is 2.11. The van der Waals surface area contributed by atoms with Crippen LogP contribution in [0.4, 0.5) is 0 Å². The molecule has 3 nitrogen and oxygen atoms in total. The molecular formula is C15H19BrN2OS. The molecule has 108 valence electrons. The van der Waals surface area contributed by atoms with E-state index in [1.54, 1.807) is 11.3 Å². The van der Waals surface area contributed by atoms with Crippen molar-refractivity contribution < 1.29 is 4.74 Å². The Morgan fingerprint density at radius 1 is 1.35 bits per heavy atom. The fourth-order valence-electron chi connectivity index (χ4n) is 1.81. The second-order valence-corrected chi connectivity index (χ2v) is 6.90. The molecule has 0 fully saturated rings.